The molecule has 41 heavy (non-hydrogen) atoms. The van der Waals surface area contributed by atoms with Crippen molar-refractivity contribution in [3.63, 3.8) is 0 Å². The van der Waals surface area contributed by atoms with Crippen LogP contribution in [0.5, 0.6) is 0 Å². The second-order valence-electron chi connectivity index (χ2n) is 9.91. The van der Waals surface area contributed by atoms with Crippen molar-refractivity contribution in [2.75, 3.05) is 17.4 Å². The highest BCUT2D eigenvalue weighted by Gasteiger charge is 2.34. The molecule has 0 aliphatic heterocycles. The number of carbonyl (C=O) groups excluding carboxylic acids is 2. The van der Waals surface area contributed by atoms with Gasteiger partial charge in [0.2, 0.25) is 11.8 Å². The number of hydrogen-bond donors (Lipinski definition) is 1. The van der Waals surface area contributed by atoms with Crippen molar-refractivity contribution in [3.05, 3.63) is 93.5 Å². The van der Waals surface area contributed by atoms with E-state index in [0.29, 0.717) is 39.8 Å². The molecule has 7 nitrogen and oxygen atoms in total. The molecule has 0 heterocycles. The third-order valence-corrected chi connectivity index (χ3v) is 9.32. The molecule has 1 N–H and O–H groups in total. The van der Waals surface area contributed by atoms with E-state index >= 15 is 0 Å². The first kappa shape index (κ1) is 32.4. The Balaban J connectivity index is 2.10. The van der Waals surface area contributed by atoms with Gasteiger partial charge in [0, 0.05) is 28.7 Å². The van der Waals surface area contributed by atoms with E-state index in [9.17, 15) is 18.0 Å². The summed E-state index contributed by atoms with van der Waals surface area (Å²) in [5, 5.41) is 3.60. The first-order chi connectivity index (χ1) is 19.5. The van der Waals surface area contributed by atoms with E-state index in [2.05, 4.69) is 5.32 Å². The molecule has 3 aromatic carbocycles. The maximum absolute atomic E-state index is 14.2. The van der Waals surface area contributed by atoms with Crippen LogP contribution in [0.1, 0.15) is 49.8 Å². The van der Waals surface area contributed by atoms with E-state index in [0.717, 1.165) is 22.7 Å². The lowest BCUT2D eigenvalue weighted by molar-refractivity contribution is -0.140. The average Bonchev–Trinajstić information content (AvgIpc) is 2.94. The lowest BCUT2D eigenvalue weighted by Crippen LogP contribution is -2.52. The third-order valence-electron chi connectivity index (χ3n) is 6.84. The van der Waals surface area contributed by atoms with Crippen LogP contribution in [0.4, 0.5) is 5.69 Å². The van der Waals surface area contributed by atoms with Crippen LogP contribution >= 0.6 is 23.2 Å². The van der Waals surface area contributed by atoms with Crippen LogP contribution in [0, 0.1) is 13.8 Å². The van der Waals surface area contributed by atoms with Gasteiger partial charge in [-0.05, 0) is 62.6 Å². The van der Waals surface area contributed by atoms with E-state index < -0.39 is 28.5 Å². The number of unbranched alkanes of at least 4 members (excludes halogenated alkanes) is 1. The number of amides is 2. The van der Waals surface area contributed by atoms with Crippen LogP contribution in [0.25, 0.3) is 0 Å². The fourth-order valence-electron chi connectivity index (χ4n) is 4.60. The quantitative estimate of drug-likeness (QED) is 0.221. The van der Waals surface area contributed by atoms with Gasteiger partial charge in [-0.1, -0.05) is 85.4 Å². The van der Waals surface area contributed by atoms with Gasteiger partial charge in [-0.3, -0.25) is 13.9 Å². The van der Waals surface area contributed by atoms with Gasteiger partial charge in [-0.15, -0.1) is 0 Å². The second-order valence-corrected chi connectivity index (χ2v) is 12.6. The second kappa shape index (κ2) is 14.7. The van der Waals surface area contributed by atoms with Gasteiger partial charge in [-0.2, -0.15) is 0 Å². The van der Waals surface area contributed by atoms with Crippen molar-refractivity contribution in [3.8, 4) is 0 Å². The summed E-state index contributed by atoms with van der Waals surface area (Å²) in [4.78, 5) is 29.0. The Kier molecular flexibility index (Phi) is 11.6. The van der Waals surface area contributed by atoms with E-state index in [4.69, 9.17) is 23.2 Å². The van der Waals surface area contributed by atoms with Crippen molar-refractivity contribution in [2.24, 2.45) is 0 Å². The Labute approximate surface area is 253 Å². The molecule has 0 bridgehead atoms. The van der Waals surface area contributed by atoms with Crippen molar-refractivity contribution in [2.45, 2.75) is 64.4 Å². The van der Waals surface area contributed by atoms with Crippen LogP contribution in [0.2, 0.25) is 10.0 Å². The van der Waals surface area contributed by atoms with Crippen LogP contribution in [0.3, 0.4) is 0 Å². The van der Waals surface area contributed by atoms with Crippen LogP contribution in [-0.4, -0.2) is 44.3 Å². The van der Waals surface area contributed by atoms with Crippen molar-refractivity contribution < 1.29 is 18.0 Å². The Bertz CT molecular complexity index is 1450. The zero-order valence-corrected chi connectivity index (χ0v) is 26.2. The zero-order valence-electron chi connectivity index (χ0n) is 23.9. The molecule has 0 saturated carbocycles. The molecule has 0 aliphatic carbocycles. The molecule has 0 saturated heterocycles. The minimum Gasteiger partial charge on any atom is -0.354 e. The maximum Gasteiger partial charge on any atom is 0.264 e. The Hall–Kier alpha value is -3.07. The molecule has 0 aromatic heterocycles. The van der Waals surface area contributed by atoms with Crippen molar-refractivity contribution >= 4 is 50.7 Å². The molecule has 0 spiro atoms. The summed E-state index contributed by atoms with van der Waals surface area (Å²) >= 11 is 12.9. The lowest BCUT2D eigenvalue weighted by atomic mass is 10.1. The summed E-state index contributed by atoms with van der Waals surface area (Å²) in [6.45, 7) is 7.42. The fraction of sp³-hybridized carbons (Fsp3) is 0.355. The highest BCUT2D eigenvalue weighted by atomic mass is 35.5. The van der Waals surface area contributed by atoms with Crippen molar-refractivity contribution in [1.29, 1.82) is 0 Å². The van der Waals surface area contributed by atoms with Gasteiger partial charge in [0.05, 0.1) is 10.6 Å². The number of nitrogens with one attached hydrogen (secondary N) is 1. The van der Waals surface area contributed by atoms with Gasteiger partial charge in [0.25, 0.3) is 10.0 Å². The summed E-state index contributed by atoms with van der Waals surface area (Å²) < 4.78 is 29.1. The minimum absolute atomic E-state index is 0.0535. The normalized spacial score (nSPS) is 12.0. The van der Waals surface area contributed by atoms with Crippen LogP contribution < -0.4 is 9.62 Å². The zero-order chi connectivity index (χ0) is 30.2. The molecule has 220 valence electrons. The molecule has 10 heteroatoms. The summed E-state index contributed by atoms with van der Waals surface area (Å²) in [7, 11) is -4.14. The number of benzene rings is 3. The first-order valence-electron chi connectivity index (χ1n) is 13.7. The molecule has 3 aromatic rings. The summed E-state index contributed by atoms with van der Waals surface area (Å²) in [5.74, 6) is -0.876. The highest BCUT2D eigenvalue weighted by molar-refractivity contribution is 7.92. The average molecular weight is 619 g/mol. The standard InChI is InChI=1S/C31H37Cl2N3O4S/c1-5-7-18-34-31(38)28(6-2)35(20-25-26(32)14-11-15-27(25)33)30(37)21-36(29-17-16-22(3)19-23(29)4)41(39,40)24-12-9-8-10-13-24/h8-17,19,28H,5-7,18,20-21H2,1-4H3,(H,34,38)/t28-/m0/s1. The van der Waals surface area contributed by atoms with Gasteiger partial charge in [-0.25, -0.2) is 8.42 Å². The molecule has 3 rings (SSSR count). The molecular weight excluding hydrogens is 581 g/mol. The third kappa shape index (κ3) is 8.03. The number of rotatable bonds is 13. The monoisotopic (exact) mass is 617 g/mol. The smallest absolute Gasteiger partial charge is 0.264 e. The van der Waals surface area contributed by atoms with E-state index in [1.165, 1.54) is 17.0 Å². The number of sulfonamides is 1. The highest BCUT2D eigenvalue weighted by Crippen LogP contribution is 2.30. The number of carbonyl (C=O) groups is 2. The lowest BCUT2D eigenvalue weighted by Gasteiger charge is -2.34. The molecule has 0 aliphatic rings. The van der Waals surface area contributed by atoms with E-state index in [1.54, 1.807) is 62.4 Å². The summed E-state index contributed by atoms with van der Waals surface area (Å²) in [6.07, 6.45) is 2.00. The van der Waals surface area contributed by atoms with Gasteiger partial charge in [0.1, 0.15) is 12.6 Å². The van der Waals surface area contributed by atoms with Gasteiger partial charge < -0.3 is 10.2 Å². The Morgan fingerprint density at radius 1 is 0.927 bits per heavy atom. The molecule has 0 fully saturated rings. The number of anilines is 1. The summed E-state index contributed by atoms with van der Waals surface area (Å²) in [5.41, 5.74) is 2.51. The summed E-state index contributed by atoms with van der Waals surface area (Å²) in [6, 6.07) is 17.5. The predicted octanol–water partition coefficient (Wildman–Crippen LogP) is 6.53. The Morgan fingerprint density at radius 2 is 1.59 bits per heavy atom. The Morgan fingerprint density at radius 3 is 2.17 bits per heavy atom. The van der Waals surface area contributed by atoms with E-state index in [1.807, 2.05) is 19.9 Å². The SMILES string of the molecule is CCCCNC(=O)[C@H](CC)N(Cc1c(Cl)cccc1Cl)C(=O)CN(c1ccc(C)cc1C)S(=O)(=O)c1ccccc1. The molecular formula is C31H37Cl2N3O4S. The number of nitrogens with zero attached hydrogens (tertiary/aromatic N) is 2. The molecule has 1 atom stereocenters. The topological polar surface area (TPSA) is 86.8 Å². The molecule has 0 radical (unpaired) electrons. The minimum atomic E-state index is -4.14. The number of aryl methyl sites for hydroxylation is 2. The largest absolute Gasteiger partial charge is 0.354 e. The van der Waals surface area contributed by atoms with Gasteiger partial charge >= 0.3 is 0 Å². The first-order valence-corrected chi connectivity index (χ1v) is 15.9. The number of halogens is 2. The van der Waals surface area contributed by atoms with Gasteiger partial charge in [0.15, 0.2) is 0 Å². The van der Waals surface area contributed by atoms with Crippen molar-refractivity contribution in [1.82, 2.24) is 10.2 Å². The molecule has 0 unspecified atom stereocenters. The van der Waals surface area contributed by atoms with Crippen LogP contribution in [-0.2, 0) is 26.2 Å². The van der Waals surface area contributed by atoms with E-state index in [-0.39, 0.29) is 17.3 Å². The maximum atomic E-state index is 14.2. The fourth-order valence-corrected chi connectivity index (χ4v) is 6.61. The number of hydrogen-bond acceptors (Lipinski definition) is 4. The molecule has 2 amide bonds. The van der Waals surface area contributed by atoms with Crippen LogP contribution in [0.15, 0.2) is 71.6 Å². The predicted molar refractivity (Wildman–Crippen MR) is 166 cm³/mol.